The van der Waals surface area contributed by atoms with E-state index in [2.05, 4.69) is 6.07 Å². The second-order valence-corrected chi connectivity index (χ2v) is 7.88. The molecule has 2 heterocycles. The van der Waals surface area contributed by atoms with E-state index in [-0.39, 0.29) is 18.5 Å². The van der Waals surface area contributed by atoms with Gasteiger partial charge in [0.05, 0.1) is 18.5 Å². The van der Waals surface area contributed by atoms with Crippen LogP contribution in [0.5, 0.6) is 0 Å². The molecule has 0 radical (unpaired) electrons. The van der Waals surface area contributed by atoms with Crippen LogP contribution in [0.4, 0.5) is 10.1 Å². The third-order valence-corrected chi connectivity index (χ3v) is 6.34. The molecule has 1 saturated carbocycles. The van der Waals surface area contributed by atoms with Crippen molar-refractivity contribution in [3.05, 3.63) is 35.4 Å². The van der Waals surface area contributed by atoms with Crippen molar-refractivity contribution in [3.8, 4) is 6.07 Å². The van der Waals surface area contributed by atoms with E-state index in [0.29, 0.717) is 31.0 Å². The van der Waals surface area contributed by atoms with Gasteiger partial charge >= 0.3 is 0 Å². The van der Waals surface area contributed by atoms with Crippen molar-refractivity contribution in [3.63, 3.8) is 0 Å². The third kappa shape index (κ3) is 2.91. The van der Waals surface area contributed by atoms with E-state index in [1.165, 1.54) is 0 Å². The fraction of sp³-hybridized carbons (Fsp3) is 0.474. The van der Waals surface area contributed by atoms with Crippen LogP contribution in [0.1, 0.15) is 30.4 Å². The minimum atomic E-state index is -1.17. The van der Waals surface area contributed by atoms with E-state index < -0.39 is 5.67 Å². The van der Waals surface area contributed by atoms with Crippen molar-refractivity contribution in [1.82, 2.24) is 4.90 Å². The standard InChI is InChI=1S/C19H20FN3OS/c20-19(6-2-7-19)15-4-5-17-14(9-15)3-1-8-22(17)11-18(24)23-13-25-12-16(23)10-21/h1,3-5,9,16H,2,6-8,11-13H2/t16-/m1/s1. The van der Waals surface area contributed by atoms with Gasteiger partial charge in [0, 0.05) is 18.0 Å². The van der Waals surface area contributed by atoms with Crippen molar-refractivity contribution in [1.29, 1.82) is 5.26 Å². The zero-order valence-electron chi connectivity index (χ0n) is 13.9. The second-order valence-electron chi connectivity index (χ2n) is 6.88. The van der Waals surface area contributed by atoms with Gasteiger partial charge in [0.15, 0.2) is 0 Å². The van der Waals surface area contributed by atoms with Crippen molar-refractivity contribution in [2.75, 3.05) is 29.6 Å². The highest BCUT2D eigenvalue weighted by atomic mass is 32.2. The summed E-state index contributed by atoms with van der Waals surface area (Å²) in [5.41, 5.74) is 1.50. The highest BCUT2D eigenvalue weighted by Gasteiger charge is 2.39. The number of rotatable bonds is 3. The minimum Gasteiger partial charge on any atom is -0.358 e. The highest BCUT2D eigenvalue weighted by Crippen LogP contribution is 2.46. The summed E-state index contributed by atoms with van der Waals surface area (Å²) in [4.78, 5) is 16.3. The largest absolute Gasteiger partial charge is 0.358 e. The number of hydrogen-bond donors (Lipinski definition) is 0. The number of hydrogen-bond acceptors (Lipinski definition) is 4. The second kappa shape index (κ2) is 6.38. The lowest BCUT2D eigenvalue weighted by Crippen LogP contribution is -2.43. The Morgan fingerprint density at radius 2 is 2.28 bits per heavy atom. The summed E-state index contributed by atoms with van der Waals surface area (Å²) in [5.74, 6) is 1.24. The summed E-state index contributed by atoms with van der Waals surface area (Å²) in [6.45, 7) is 0.896. The molecule has 0 unspecified atom stereocenters. The van der Waals surface area contributed by atoms with Gasteiger partial charge < -0.3 is 9.80 Å². The van der Waals surface area contributed by atoms with Gasteiger partial charge in [-0.25, -0.2) is 4.39 Å². The Morgan fingerprint density at radius 3 is 3.00 bits per heavy atom. The smallest absolute Gasteiger partial charge is 0.243 e. The summed E-state index contributed by atoms with van der Waals surface area (Å²) < 4.78 is 14.7. The van der Waals surface area contributed by atoms with Gasteiger partial charge in [-0.05, 0) is 42.5 Å². The number of fused-ring (bicyclic) bond motifs is 1. The molecule has 3 aliphatic rings. The number of benzene rings is 1. The van der Waals surface area contributed by atoms with Crippen molar-refractivity contribution in [2.24, 2.45) is 0 Å². The van der Waals surface area contributed by atoms with E-state index in [0.717, 1.165) is 23.2 Å². The van der Waals surface area contributed by atoms with Crippen LogP contribution in [-0.4, -0.2) is 41.6 Å². The molecule has 0 bridgehead atoms. The summed E-state index contributed by atoms with van der Waals surface area (Å²) in [6.07, 6.45) is 6.15. The molecule has 0 aromatic heterocycles. The molecule has 0 spiro atoms. The zero-order valence-corrected chi connectivity index (χ0v) is 14.8. The third-order valence-electron chi connectivity index (χ3n) is 5.33. The lowest BCUT2D eigenvalue weighted by molar-refractivity contribution is -0.129. The van der Waals surface area contributed by atoms with E-state index in [1.54, 1.807) is 16.7 Å². The molecular formula is C19H20FN3OS. The first-order valence-corrected chi connectivity index (χ1v) is 9.78. The van der Waals surface area contributed by atoms with Gasteiger partial charge in [0.2, 0.25) is 5.91 Å². The molecule has 1 aromatic carbocycles. The Labute approximate surface area is 151 Å². The van der Waals surface area contributed by atoms with E-state index in [4.69, 9.17) is 5.26 Å². The highest BCUT2D eigenvalue weighted by molar-refractivity contribution is 7.99. The topological polar surface area (TPSA) is 47.3 Å². The molecule has 25 heavy (non-hydrogen) atoms. The van der Waals surface area contributed by atoms with Crippen molar-refractivity contribution in [2.45, 2.75) is 31.0 Å². The predicted octanol–water partition coefficient (Wildman–Crippen LogP) is 3.29. The monoisotopic (exact) mass is 357 g/mol. The fourth-order valence-corrected chi connectivity index (χ4v) is 4.74. The lowest BCUT2D eigenvalue weighted by Gasteiger charge is -2.36. The summed E-state index contributed by atoms with van der Waals surface area (Å²) >= 11 is 1.61. The normalized spacial score (nSPS) is 23.8. The minimum absolute atomic E-state index is 0.0252. The predicted molar refractivity (Wildman–Crippen MR) is 97.9 cm³/mol. The maximum atomic E-state index is 14.7. The Bertz CT molecular complexity index is 768. The molecule has 6 heteroatoms. The molecule has 1 aromatic rings. The first kappa shape index (κ1) is 16.5. The fourth-order valence-electron chi connectivity index (χ4n) is 3.64. The number of amides is 1. The number of carbonyl (C=O) groups is 1. The molecule has 2 aliphatic heterocycles. The van der Waals surface area contributed by atoms with Gasteiger partial charge in [-0.1, -0.05) is 18.2 Å². The van der Waals surface area contributed by atoms with Gasteiger partial charge in [0.25, 0.3) is 0 Å². The molecule has 2 fully saturated rings. The van der Waals surface area contributed by atoms with Crippen LogP contribution < -0.4 is 4.90 Å². The number of carbonyl (C=O) groups excluding carboxylic acids is 1. The number of alkyl halides is 1. The molecule has 1 saturated heterocycles. The number of nitriles is 1. The number of halogens is 1. The Hall–Kier alpha value is -2.00. The van der Waals surface area contributed by atoms with Crippen LogP contribution in [0.2, 0.25) is 0 Å². The molecule has 1 aliphatic carbocycles. The van der Waals surface area contributed by atoms with Crippen LogP contribution >= 0.6 is 11.8 Å². The lowest BCUT2D eigenvalue weighted by atomic mass is 9.76. The molecule has 1 atom stereocenters. The number of nitrogens with zero attached hydrogens (tertiary/aromatic N) is 3. The Kier molecular flexibility index (Phi) is 4.20. The van der Waals surface area contributed by atoms with E-state index in [1.807, 2.05) is 35.3 Å². The van der Waals surface area contributed by atoms with Crippen LogP contribution in [-0.2, 0) is 10.5 Å². The number of thioether (sulfide) groups is 1. The van der Waals surface area contributed by atoms with Crippen LogP contribution in [0, 0.1) is 11.3 Å². The van der Waals surface area contributed by atoms with E-state index in [9.17, 15) is 9.18 Å². The quantitative estimate of drug-likeness (QED) is 0.833. The molecule has 4 nitrogen and oxygen atoms in total. The van der Waals surface area contributed by atoms with Crippen LogP contribution in [0.3, 0.4) is 0 Å². The molecular weight excluding hydrogens is 337 g/mol. The summed E-state index contributed by atoms with van der Waals surface area (Å²) in [5, 5.41) is 9.17. The van der Waals surface area contributed by atoms with Crippen LogP contribution in [0.15, 0.2) is 24.3 Å². The van der Waals surface area contributed by atoms with Crippen molar-refractivity contribution >= 4 is 29.4 Å². The first-order chi connectivity index (χ1) is 12.1. The van der Waals surface area contributed by atoms with Crippen molar-refractivity contribution < 1.29 is 9.18 Å². The Balaban J connectivity index is 1.53. The Morgan fingerprint density at radius 1 is 1.44 bits per heavy atom. The molecule has 4 rings (SSSR count). The molecule has 0 N–H and O–H groups in total. The molecule has 1 amide bonds. The van der Waals surface area contributed by atoms with Gasteiger partial charge in [0.1, 0.15) is 11.7 Å². The molecule has 130 valence electrons. The number of anilines is 1. The van der Waals surface area contributed by atoms with E-state index >= 15 is 0 Å². The maximum absolute atomic E-state index is 14.7. The summed E-state index contributed by atoms with van der Waals surface area (Å²) in [6, 6.07) is 7.58. The van der Waals surface area contributed by atoms with Gasteiger partial charge in [-0.2, -0.15) is 5.26 Å². The average Bonchev–Trinajstić information content (AvgIpc) is 3.08. The summed E-state index contributed by atoms with van der Waals surface area (Å²) in [7, 11) is 0. The SMILES string of the molecule is N#C[C@@H]1CSCN1C(=O)CN1CC=Cc2cc(C3(F)CCC3)ccc21. The van der Waals surface area contributed by atoms with Gasteiger partial charge in [-0.3, -0.25) is 4.79 Å². The maximum Gasteiger partial charge on any atom is 0.243 e. The zero-order chi connectivity index (χ0) is 17.4. The average molecular weight is 357 g/mol. The van der Waals surface area contributed by atoms with Crippen LogP contribution in [0.25, 0.3) is 6.08 Å². The first-order valence-electron chi connectivity index (χ1n) is 8.62. The van der Waals surface area contributed by atoms with Gasteiger partial charge in [-0.15, -0.1) is 11.8 Å².